The van der Waals surface area contributed by atoms with Gasteiger partial charge in [-0.15, -0.1) is 0 Å². The molecule has 9 nitrogen and oxygen atoms in total. The van der Waals surface area contributed by atoms with Crippen LogP contribution < -0.4 is 14.5 Å². The number of anilines is 2. The molecule has 4 heterocycles. The number of hydrogen-bond acceptors (Lipinski definition) is 8. The zero-order chi connectivity index (χ0) is 30.1. The van der Waals surface area contributed by atoms with Crippen molar-refractivity contribution in [1.82, 2.24) is 19.8 Å². The monoisotopic (exact) mass is 583 g/mol. The van der Waals surface area contributed by atoms with Crippen LogP contribution in [0.3, 0.4) is 0 Å². The topological polar surface area (TPSA) is 88.8 Å². The molecule has 0 N–H and O–H groups in total. The van der Waals surface area contributed by atoms with Crippen molar-refractivity contribution in [2.24, 2.45) is 5.92 Å². The average molecular weight is 584 g/mol. The van der Waals surface area contributed by atoms with Crippen LogP contribution in [0.2, 0.25) is 0 Å². The summed E-state index contributed by atoms with van der Waals surface area (Å²) in [5.74, 6) is -0.554. The second-order valence-electron chi connectivity index (χ2n) is 12.0. The largest absolute Gasteiger partial charge is 0.463 e. The molecule has 43 heavy (non-hydrogen) atoms. The average Bonchev–Trinajstić information content (AvgIpc) is 3.43. The Bertz CT molecular complexity index is 1580. The van der Waals surface area contributed by atoms with Crippen LogP contribution in [-0.4, -0.2) is 84.6 Å². The number of rotatable bonds is 7. The van der Waals surface area contributed by atoms with Crippen LogP contribution in [0, 0.1) is 24.2 Å². The smallest absolute Gasteiger partial charge is 0.318 e. The number of aryl methyl sites for hydroxylation is 1. The number of likely N-dealkylation sites (tertiary alicyclic amines) is 1. The van der Waals surface area contributed by atoms with Gasteiger partial charge in [0, 0.05) is 55.3 Å². The Balaban J connectivity index is 1.33. The van der Waals surface area contributed by atoms with Crippen LogP contribution in [-0.2, 0) is 17.8 Å². The zero-order valence-electron chi connectivity index (χ0n) is 24.9. The number of hydrogen-bond donors (Lipinski definition) is 0. The number of nitriles is 1. The van der Waals surface area contributed by atoms with Gasteiger partial charge in [0.2, 0.25) is 0 Å². The third-order valence-corrected chi connectivity index (χ3v) is 8.99. The van der Waals surface area contributed by atoms with Gasteiger partial charge in [0.25, 0.3) is 5.91 Å². The van der Waals surface area contributed by atoms with Gasteiger partial charge in [-0.05, 0) is 50.4 Å². The lowest BCUT2D eigenvalue weighted by molar-refractivity contribution is -0.131. The molecule has 2 atom stereocenters. The van der Waals surface area contributed by atoms with Crippen LogP contribution in [0.5, 0.6) is 6.01 Å². The third kappa shape index (κ3) is 5.87. The van der Waals surface area contributed by atoms with E-state index in [1.807, 2.05) is 0 Å². The Morgan fingerprint density at radius 2 is 1.93 bits per heavy atom. The minimum absolute atomic E-state index is 0.0928. The number of piperazine rings is 1. The lowest BCUT2D eigenvalue weighted by Crippen LogP contribution is -2.55. The molecule has 1 amide bonds. The van der Waals surface area contributed by atoms with Crippen LogP contribution >= 0.6 is 0 Å². The Labute approximate surface area is 252 Å². The number of aromatic nitrogens is 2. The first kappa shape index (κ1) is 28.9. The van der Waals surface area contributed by atoms with Gasteiger partial charge in [0.15, 0.2) is 5.83 Å². The number of ether oxygens (including phenoxy) is 1. The number of fused-ring (bicyclic) bond motifs is 2. The van der Waals surface area contributed by atoms with E-state index in [0.29, 0.717) is 38.2 Å². The van der Waals surface area contributed by atoms with E-state index in [2.05, 4.69) is 77.7 Å². The molecule has 10 heteroatoms. The molecule has 0 radical (unpaired) electrons. The zero-order valence-corrected chi connectivity index (χ0v) is 24.9. The lowest BCUT2D eigenvalue weighted by Gasteiger charge is -2.42. The number of halogens is 1. The summed E-state index contributed by atoms with van der Waals surface area (Å²) in [6.07, 6.45) is 1.91. The number of nitrogens with zero attached hydrogens (tertiary/aromatic N) is 7. The van der Waals surface area contributed by atoms with Crippen LogP contribution in [0.1, 0.15) is 29.7 Å². The van der Waals surface area contributed by atoms with Crippen molar-refractivity contribution in [2.75, 3.05) is 62.7 Å². The summed E-state index contributed by atoms with van der Waals surface area (Å²) >= 11 is 0. The first-order chi connectivity index (χ1) is 20.8. The molecular formula is C33H38FN7O2. The van der Waals surface area contributed by atoms with E-state index in [-0.39, 0.29) is 13.0 Å². The highest BCUT2D eigenvalue weighted by atomic mass is 19.1. The molecule has 3 aliphatic heterocycles. The molecule has 0 bridgehead atoms. The Hall–Kier alpha value is -4.23. The van der Waals surface area contributed by atoms with Gasteiger partial charge in [0.05, 0.1) is 37.4 Å². The minimum Gasteiger partial charge on any atom is -0.463 e. The fourth-order valence-corrected chi connectivity index (χ4v) is 6.79. The van der Waals surface area contributed by atoms with Crippen molar-refractivity contribution in [3.8, 4) is 12.1 Å². The Kier molecular flexibility index (Phi) is 8.17. The number of carbonyl (C=O) groups excluding carboxylic acids is 1. The summed E-state index contributed by atoms with van der Waals surface area (Å²) in [6, 6.07) is 14.9. The molecule has 3 aliphatic rings. The van der Waals surface area contributed by atoms with Gasteiger partial charge >= 0.3 is 6.01 Å². The molecule has 0 unspecified atom stereocenters. The summed E-state index contributed by atoms with van der Waals surface area (Å²) in [5, 5.41) is 12.0. The van der Waals surface area contributed by atoms with Crippen molar-refractivity contribution < 1.29 is 13.9 Å². The summed E-state index contributed by atoms with van der Waals surface area (Å²) in [6.45, 7) is 10.4. The fourth-order valence-electron chi connectivity index (χ4n) is 6.79. The second-order valence-corrected chi connectivity index (χ2v) is 12.0. The number of amides is 1. The maximum Gasteiger partial charge on any atom is 0.318 e. The first-order valence-corrected chi connectivity index (χ1v) is 15.0. The van der Waals surface area contributed by atoms with E-state index < -0.39 is 17.8 Å². The SMILES string of the molecule is C=C(F)C(=O)N1CCN(c2nc(OC[C@@H]3CCN(C)C3)nc3c2CCN(c2cccc4cccc(C)c24)C3)C[C@@H]1CC#N. The molecule has 0 aliphatic carbocycles. The predicted octanol–water partition coefficient (Wildman–Crippen LogP) is 4.25. The van der Waals surface area contributed by atoms with Crippen molar-refractivity contribution in [2.45, 2.75) is 38.8 Å². The van der Waals surface area contributed by atoms with Gasteiger partial charge < -0.3 is 24.3 Å². The van der Waals surface area contributed by atoms with Crippen LogP contribution in [0.4, 0.5) is 15.9 Å². The van der Waals surface area contributed by atoms with Gasteiger partial charge in [-0.2, -0.15) is 15.2 Å². The second kappa shape index (κ2) is 12.2. The Morgan fingerprint density at radius 3 is 2.67 bits per heavy atom. The highest BCUT2D eigenvalue weighted by Gasteiger charge is 2.35. The first-order valence-electron chi connectivity index (χ1n) is 15.0. The van der Waals surface area contributed by atoms with E-state index in [1.54, 1.807) is 0 Å². The highest BCUT2D eigenvalue weighted by Crippen LogP contribution is 2.36. The standard InChI is InChI=1S/C33H38FN7O2/c1-22-6-4-7-25-8-5-9-29(30(22)25)39-15-12-27-28(20-39)36-33(43-21-24-11-14-38(3)18-24)37-31(27)40-16-17-41(32(42)23(2)34)26(19-40)10-13-35/h4-9,24,26H,2,10-12,14-21H2,1,3H3/t24-,26+/m1/s1. The van der Waals surface area contributed by atoms with Crippen molar-refractivity contribution in [3.05, 3.63) is 65.6 Å². The summed E-state index contributed by atoms with van der Waals surface area (Å²) in [7, 11) is 2.12. The van der Waals surface area contributed by atoms with Gasteiger partial charge in [-0.25, -0.2) is 4.39 Å². The van der Waals surface area contributed by atoms with E-state index in [0.717, 1.165) is 49.6 Å². The quantitative estimate of drug-likeness (QED) is 0.382. The number of carbonyl (C=O) groups is 1. The number of benzene rings is 2. The summed E-state index contributed by atoms with van der Waals surface area (Å²) in [5.41, 5.74) is 4.41. The molecule has 3 aromatic rings. The van der Waals surface area contributed by atoms with Crippen LogP contribution in [0.15, 0.2) is 48.8 Å². The maximum atomic E-state index is 13.8. The van der Waals surface area contributed by atoms with Crippen molar-refractivity contribution >= 4 is 28.2 Å². The van der Waals surface area contributed by atoms with E-state index >= 15 is 0 Å². The van der Waals surface area contributed by atoms with Crippen LogP contribution in [0.25, 0.3) is 10.8 Å². The lowest BCUT2D eigenvalue weighted by atomic mass is 9.99. The molecule has 224 valence electrons. The molecule has 2 fully saturated rings. The fraction of sp³-hybridized carbons (Fsp3) is 0.455. The minimum atomic E-state index is -1.01. The van der Waals surface area contributed by atoms with E-state index in [9.17, 15) is 14.4 Å². The highest BCUT2D eigenvalue weighted by molar-refractivity contribution is 5.97. The molecule has 2 saturated heterocycles. The predicted molar refractivity (Wildman–Crippen MR) is 165 cm³/mol. The van der Waals surface area contributed by atoms with Gasteiger partial charge in [-0.3, -0.25) is 4.79 Å². The Morgan fingerprint density at radius 1 is 1.12 bits per heavy atom. The third-order valence-electron chi connectivity index (χ3n) is 8.99. The van der Waals surface area contributed by atoms with Gasteiger partial charge in [0.1, 0.15) is 5.82 Å². The summed E-state index contributed by atoms with van der Waals surface area (Å²) in [4.78, 5) is 30.6. The molecule has 1 aromatic heterocycles. The molecular weight excluding hydrogens is 545 g/mol. The van der Waals surface area contributed by atoms with E-state index in [4.69, 9.17) is 14.7 Å². The molecule has 2 aromatic carbocycles. The summed E-state index contributed by atoms with van der Waals surface area (Å²) < 4.78 is 20.1. The maximum absolute atomic E-state index is 13.8. The molecule has 6 rings (SSSR count). The van der Waals surface area contributed by atoms with Crippen molar-refractivity contribution in [3.63, 3.8) is 0 Å². The molecule has 0 spiro atoms. The van der Waals surface area contributed by atoms with Gasteiger partial charge in [-0.1, -0.05) is 36.9 Å². The normalized spacial score (nSPS) is 20.7. The van der Waals surface area contributed by atoms with E-state index in [1.165, 1.54) is 26.9 Å². The van der Waals surface area contributed by atoms with Crippen molar-refractivity contribution in [1.29, 1.82) is 5.26 Å². The molecule has 0 saturated carbocycles.